The number of para-hydroxylation sites is 1. The normalized spacial score (nSPS) is 14.7. The molecular weight excluding hydrogens is 370 g/mol. The van der Waals surface area contributed by atoms with Gasteiger partial charge in [-0.15, -0.1) is 0 Å². The minimum absolute atomic E-state index is 0.0497. The molecule has 0 saturated carbocycles. The van der Waals surface area contributed by atoms with Crippen molar-refractivity contribution in [2.75, 3.05) is 18.5 Å². The van der Waals surface area contributed by atoms with Gasteiger partial charge in [0.05, 0.1) is 13.2 Å². The number of allylic oxidation sites excluding steroid dienone is 1. The molecular formula is C23H23NO5. The van der Waals surface area contributed by atoms with Crippen LogP contribution < -0.4 is 10.1 Å². The third kappa shape index (κ3) is 5.04. The number of hydrogen-bond acceptors (Lipinski definition) is 6. The molecule has 0 amide bonds. The quantitative estimate of drug-likeness (QED) is 0.409. The highest BCUT2D eigenvalue weighted by molar-refractivity contribution is 6.26. The van der Waals surface area contributed by atoms with Gasteiger partial charge in [-0.1, -0.05) is 37.3 Å². The molecule has 1 aliphatic heterocycles. The molecule has 0 bridgehead atoms. The van der Waals surface area contributed by atoms with Gasteiger partial charge in [-0.3, -0.25) is 4.79 Å². The van der Waals surface area contributed by atoms with Crippen LogP contribution >= 0.6 is 0 Å². The number of ether oxygens (including phenoxy) is 3. The molecule has 1 heterocycles. The van der Waals surface area contributed by atoms with Gasteiger partial charge in [-0.25, -0.2) is 4.79 Å². The summed E-state index contributed by atoms with van der Waals surface area (Å²) in [6.45, 7) is 4.52. The Kier molecular flexibility index (Phi) is 6.68. The van der Waals surface area contributed by atoms with Crippen LogP contribution in [0.5, 0.6) is 5.75 Å². The summed E-state index contributed by atoms with van der Waals surface area (Å²) in [6.07, 6.45) is 2.51. The van der Waals surface area contributed by atoms with E-state index in [1.807, 2.05) is 49.4 Å². The first kappa shape index (κ1) is 20.2. The summed E-state index contributed by atoms with van der Waals surface area (Å²) in [5.74, 6) is -0.372. The lowest BCUT2D eigenvalue weighted by atomic mass is 10.1. The lowest BCUT2D eigenvalue weighted by Gasteiger charge is -2.08. The van der Waals surface area contributed by atoms with E-state index in [-0.39, 0.29) is 23.8 Å². The minimum atomic E-state index is -0.720. The lowest BCUT2D eigenvalue weighted by molar-refractivity contribution is -0.139. The molecule has 1 aliphatic rings. The zero-order chi connectivity index (χ0) is 20.6. The first-order chi connectivity index (χ1) is 14.1. The number of esters is 1. The van der Waals surface area contributed by atoms with Gasteiger partial charge in [-0.2, -0.15) is 0 Å². The Morgan fingerprint density at radius 3 is 2.45 bits per heavy atom. The molecule has 0 spiro atoms. The van der Waals surface area contributed by atoms with Crippen molar-refractivity contribution in [2.24, 2.45) is 0 Å². The van der Waals surface area contributed by atoms with Gasteiger partial charge < -0.3 is 19.5 Å². The van der Waals surface area contributed by atoms with Crippen molar-refractivity contribution >= 4 is 23.5 Å². The molecule has 0 atom stereocenters. The molecule has 0 saturated heterocycles. The Balaban J connectivity index is 1.84. The zero-order valence-electron chi connectivity index (χ0n) is 16.4. The fraction of sp³-hybridized carbons (Fsp3) is 0.217. The summed E-state index contributed by atoms with van der Waals surface area (Å²) in [7, 11) is 0. The summed E-state index contributed by atoms with van der Waals surface area (Å²) >= 11 is 0. The van der Waals surface area contributed by atoms with Crippen molar-refractivity contribution in [3.05, 3.63) is 77.4 Å². The van der Waals surface area contributed by atoms with Crippen molar-refractivity contribution in [2.45, 2.75) is 20.3 Å². The average molecular weight is 393 g/mol. The highest BCUT2D eigenvalue weighted by Gasteiger charge is 2.36. The lowest BCUT2D eigenvalue weighted by Crippen LogP contribution is -2.16. The van der Waals surface area contributed by atoms with E-state index in [0.29, 0.717) is 12.3 Å². The number of carbonyl (C=O) groups is 2. The standard InChI is InChI=1S/C23H23NO5/c1-3-14-28-18-12-10-16(11-13-18)15-19-21(25)20(23(26)27-4-2)22(29-19)24-17-8-6-5-7-9-17/h5-13,15,24H,3-4,14H2,1-2H3/b19-15-. The smallest absolute Gasteiger partial charge is 0.347 e. The zero-order valence-corrected chi connectivity index (χ0v) is 16.4. The molecule has 1 N–H and O–H groups in total. The van der Waals surface area contributed by atoms with Gasteiger partial charge in [0.25, 0.3) is 0 Å². The summed E-state index contributed by atoms with van der Waals surface area (Å²) in [6, 6.07) is 16.4. The van der Waals surface area contributed by atoms with Gasteiger partial charge in [0.1, 0.15) is 5.75 Å². The number of benzene rings is 2. The van der Waals surface area contributed by atoms with E-state index in [1.165, 1.54) is 0 Å². The van der Waals surface area contributed by atoms with E-state index in [0.717, 1.165) is 17.7 Å². The van der Waals surface area contributed by atoms with Crippen LogP contribution in [-0.2, 0) is 19.1 Å². The maximum absolute atomic E-state index is 12.8. The molecule has 0 fully saturated rings. The first-order valence-corrected chi connectivity index (χ1v) is 9.53. The van der Waals surface area contributed by atoms with Crippen molar-refractivity contribution < 1.29 is 23.8 Å². The van der Waals surface area contributed by atoms with Gasteiger partial charge in [0.15, 0.2) is 11.3 Å². The Morgan fingerprint density at radius 2 is 1.79 bits per heavy atom. The van der Waals surface area contributed by atoms with E-state index < -0.39 is 11.8 Å². The highest BCUT2D eigenvalue weighted by atomic mass is 16.5. The molecule has 3 rings (SSSR count). The van der Waals surface area contributed by atoms with Crippen LogP contribution in [0.3, 0.4) is 0 Å². The Bertz CT molecular complexity index is 930. The Hall–Kier alpha value is -3.54. The van der Waals surface area contributed by atoms with Gasteiger partial charge in [0.2, 0.25) is 11.7 Å². The van der Waals surface area contributed by atoms with Crippen LogP contribution in [0.1, 0.15) is 25.8 Å². The summed E-state index contributed by atoms with van der Waals surface area (Å²) in [4.78, 5) is 25.2. The number of anilines is 1. The number of ketones is 1. The topological polar surface area (TPSA) is 73.9 Å². The SMILES string of the molecule is CCCOc1ccc(/C=C2\OC(Nc3ccccc3)=C(C(=O)OCC)C2=O)cc1. The molecule has 0 radical (unpaired) electrons. The van der Waals surface area contributed by atoms with E-state index in [9.17, 15) is 9.59 Å². The molecule has 0 aliphatic carbocycles. The summed E-state index contributed by atoms with van der Waals surface area (Å²) < 4.78 is 16.3. The number of Topliss-reactive ketones (excluding diaryl/α,β-unsaturated/α-hetero) is 1. The molecule has 0 aromatic heterocycles. The van der Waals surface area contributed by atoms with Crippen LogP contribution in [0.15, 0.2) is 71.8 Å². The van der Waals surface area contributed by atoms with Crippen molar-refractivity contribution in [3.63, 3.8) is 0 Å². The second kappa shape index (κ2) is 9.59. The minimum Gasteiger partial charge on any atom is -0.494 e. The summed E-state index contributed by atoms with van der Waals surface area (Å²) in [5.41, 5.74) is 1.29. The fourth-order valence-corrected chi connectivity index (χ4v) is 2.69. The fourth-order valence-electron chi connectivity index (χ4n) is 2.69. The third-order valence-electron chi connectivity index (χ3n) is 4.05. The van der Waals surface area contributed by atoms with Crippen LogP contribution in [0, 0.1) is 0 Å². The molecule has 2 aromatic carbocycles. The van der Waals surface area contributed by atoms with Crippen LogP contribution in [0.25, 0.3) is 6.08 Å². The molecule has 0 unspecified atom stereocenters. The monoisotopic (exact) mass is 393 g/mol. The molecule has 6 heteroatoms. The van der Waals surface area contributed by atoms with Gasteiger partial charge >= 0.3 is 5.97 Å². The van der Waals surface area contributed by atoms with Crippen molar-refractivity contribution in [1.82, 2.24) is 0 Å². The summed E-state index contributed by atoms with van der Waals surface area (Å²) in [5, 5.41) is 2.98. The molecule has 6 nitrogen and oxygen atoms in total. The number of carbonyl (C=O) groups excluding carboxylic acids is 2. The molecule has 150 valence electrons. The van der Waals surface area contributed by atoms with Crippen LogP contribution in [-0.4, -0.2) is 25.0 Å². The second-order valence-electron chi connectivity index (χ2n) is 6.27. The largest absolute Gasteiger partial charge is 0.494 e. The van der Waals surface area contributed by atoms with E-state index in [4.69, 9.17) is 14.2 Å². The predicted molar refractivity (Wildman–Crippen MR) is 110 cm³/mol. The van der Waals surface area contributed by atoms with Gasteiger partial charge in [-0.05, 0) is 49.2 Å². The van der Waals surface area contributed by atoms with Crippen molar-refractivity contribution in [1.29, 1.82) is 0 Å². The Labute approximate surface area is 169 Å². The second-order valence-corrected chi connectivity index (χ2v) is 6.27. The van der Waals surface area contributed by atoms with Crippen molar-refractivity contribution in [3.8, 4) is 5.75 Å². The highest BCUT2D eigenvalue weighted by Crippen LogP contribution is 2.29. The van der Waals surface area contributed by atoms with E-state index in [1.54, 1.807) is 25.1 Å². The van der Waals surface area contributed by atoms with E-state index >= 15 is 0 Å². The van der Waals surface area contributed by atoms with Crippen LogP contribution in [0.2, 0.25) is 0 Å². The number of nitrogens with one attached hydrogen (secondary N) is 1. The number of rotatable bonds is 8. The number of hydrogen-bond donors (Lipinski definition) is 1. The molecule has 2 aromatic rings. The van der Waals surface area contributed by atoms with Gasteiger partial charge in [0, 0.05) is 5.69 Å². The first-order valence-electron chi connectivity index (χ1n) is 9.53. The molecule has 29 heavy (non-hydrogen) atoms. The third-order valence-corrected chi connectivity index (χ3v) is 4.05. The predicted octanol–water partition coefficient (Wildman–Crippen LogP) is 4.30. The van der Waals surface area contributed by atoms with E-state index in [2.05, 4.69) is 5.32 Å². The maximum atomic E-state index is 12.8. The maximum Gasteiger partial charge on any atom is 0.347 e. The average Bonchev–Trinajstić information content (AvgIpc) is 3.03. The Morgan fingerprint density at radius 1 is 1.07 bits per heavy atom. The van der Waals surface area contributed by atoms with Crippen LogP contribution in [0.4, 0.5) is 5.69 Å².